The third-order valence-corrected chi connectivity index (χ3v) is 5.70. The van der Waals surface area contributed by atoms with Gasteiger partial charge >= 0.3 is 5.97 Å². The quantitative estimate of drug-likeness (QED) is 0.503. The average molecular weight is 424 g/mol. The van der Waals surface area contributed by atoms with Crippen molar-refractivity contribution < 1.29 is 18.7 Å². The standard InChI is InChI=1S/C21H21FN6O3/c1-31-21(30)15-2-3-17(20(22)25-15)27-6-4-26(5-7-27)11-13-8-14-10-23-28-12-18(29)24-16(9-13)19(14)28/h2-3,8-10H,4-7,11-12H2,1H3,(H,24,29). The summed E-state index contributed by atoms with van der Waals surface area (Å²) in [6.07, 6.45) is 1.79. The zero-order valence-electron chi connectivity index (χ0n) is 17.0. The summed E-state index contributed by atoms with van der Waals surface area (Å²) >= 11 is 0. The van der Waals surface area contributed by atoms with Crippen molar-refractivity contribution in [2.45, 2.75) is 13.1 Å². The fraction of sp³-hybridized carbons (Fsp3) is 0.333. The van der Waals surface area contributed by atoms with Gasteiger partial charge in [0.25, 0.3) is 0 Å². The minimum Gasteiger partial charge on any atom is -0.464 e. The van der Waals surface area contributed by atoms with E-state index in [1.165, 1.54) is 13.2 Å². The van der Waals surface area contributed by atoms with Crippen molar-refractivity contribution in [2.75, 3.05) is 43.5 Å². The van der Waals surface area contributed by atoms with Crippen LogP contribution in [0.4, 0.5) is 15.8 Å². The molecule has 1 amide bonds. The Morgan fingerprint density at radius 1 is 1.23 bits per heavy atom. The number of methoxy groups -OCH3 is 1. The molecule has 0 radical (unpaired) electrons. The van der Waals surface area contributed by atoms with E-state index in [4.69, 9.17) is 0 Å². The van der Waals surface area contributed by atoms with Gasteiger partial charge in [0.1, 0.15) is 6.54 Å². The van der Waals surface area contributed by atoms with Crippen LogP contribution in [0.25, 0.3) is 10.9 Å². The number of aromatic nitrogens is 3. The van der Waals surface area contributed by atoms with Crippen LogP contribution in [-0.2, 0) is 22.6 Å². The van der Waals surface area contributed by atoms with E-state index in [0.29, 0.717) is 18.8 Å². The van der Waals surface area contributed by atoms with Gasteiger partial charge in [-0.25, -0.2) is 9.78 Å². The average Bonchev–Trinajstić information content (AvgIpc) is 3.17. The Morgan fingerprint density at radius 3 is 2.77 bits per heavy atom. The van der Waals surface area contributed by atoms with Gasteiger partial charge in [-0.05, 0) is 29.8 Å². The van der Waals surface area contributed by atoms with E-state index in [1.807, 2.05) is 11.0 Å². The first-order valence-electron chi connectivity index (χ1n) is 10.0. The number of nitrogens with one attached hydrogen (secondary N) is 1. The molecule has 2 aromatic heterocycles. The lowest BCUT2D eigenvalue weighted by Crippen LogP contribution is -2.46. The molecule has 9 nitrogen and oxygen atoms in total. The molecule has 31 heavy (non-hydrogen) atoms. The number of anilines is 2. The van der Waals surface area contributed by atoms with Crippen LogP contribution >= 0.6 is 0 Å². The van der Waals surface area contributed by atoms with E-state index in [0.717, 1.165) is 41.8 Å². The second kappa shape index (κ2) is 7.62. The zero-order chi connectivity index (χ0) is 21.5. The summed E-state index contributed by atoms with van der Waals surface area (Å²) < 4.78 is 20.7. The molecule has 10 heteroatoms. The van der Waals surface area contributed by atoms with Crippen LogP contribution in [0.1, 0.15) is 16.1 Å². The van der Waals surface area contributed by atoms with Crippen LogP contribution in [0, 0.1) is 5.95 Å². The van der Waals surface area contributed by atoms with Crippen LogP contribution in [0.3, 0.4) is 0 Å². The monoisotopic (exact) mass is 424 g/mol. The van der Waals surface area contributed by atoms with Crippen molar-refractivity contribution in [1.29, 1.82) is 0 Å². The maximum absolute atomic E-state index is 14.4. The summed E-state index contributed by atoms with van der Waals surface area (Å²) in [7, 11) is 1.24. The molecule has 4 heterocycles. The van der Waals surface area contributed by atoms with Gasteiger partial charge in [0.05, 0.1) is 30.2 Å². The van der Waals surface area contributed by atoms with E-state index in [9.17, 15) is 14.0 Å². The molecule has 0 aliphatic carbocycles. The van der Waals surface area contributed by atoms with Crippen molar-refractivity contribution in [3.63, 3.8) is 0 Å². The Balaban J connectivity index is 1.27. The molecular weight excluding hydrogens is 403 g/mol. The number of piperazine rings is 1. The molecular formula is C21H21FN6O3. The van der Waals surface area contributed by atoms with Crippen molar-refractivity contribution in [3.8, 4) is 0 Å². The number of pyridine rings is 1. The first kappa shape index (κ1) is 19.4. The number of carbonyl (C=O) groups is 2. The number of benzene rings is 1. The Hall–Kier alpha value is -3.53. The van der Waals surface area contributed by atoms with Crippen LogP contribution in [0.5, 0.6) is 0 Å². The van der Waals surface area contributed by atoms with Gasteiger partial charge in [0, 0.05) is 38.1 Å². The molecule has 5 rings (SSSR count). The highest BCUT2D eigenvalue weighted by molar-refractivity contribution is 6.04. The van der Waals surface area contributed by atoms with Crippen LogP contribution < -0.4 is 10.2 Å². The largest absolute Gasteiger partial charge is 0.464 e. The highest BCUT2D eigenvalue weighted by atomic mass is 19.1. The number of hydrogen-bond acceptors (Lipinski definition) is 7. The highest BCUT2D eigenvalue weighted by Gasteiger charge is 2.23. The first-order valence-corrected chi connectivity index (χ1v) is 10.0. The summed E-state index contributed by atoms with van der Waals surface area (Å²) in [5, 5.41) is 8.24. The molecule has 2 aliphatic heterocycles. The van der Waals surface area contributed by atoms with Crippen molar-refractivity contribution in [2.24, 2.45) is 0 Å². The van der Waals surface area contributed by atoms with Crippen molar-refractivity contribution >= 4 is 34.2 Å². The Labute approximate surface area is 177 Å². The number of carbonyl (C=O) groups excluding carboxylic acids is 2. The van der Waals surface area contributed by atoms with Gasteiger partial charge in [-0.15, -0.1) is 0 Å². The van der Waals surface area contributed by atoms with E-state index in [2.05, 4.69) is 31.1 Å². The molecule has 0 bridgehead atoms. The molecule has 3 aromatic rings. The van der Waals surface area contributed by atoms with Gasteiger partial charge < -0.3 is 15.0 Å². The maximum atomic E-state index is 14.4. The van der Waals surface area contributed by atoms with Crippen molar-refractivity contribution in [1.82, 2.24) is 19.7 Å². The predicted molar refractivity (Wildman–Crippen MR) is 111 cm³/mol. The topological polar surface area (TPSA) is 92.6 Å². The smallest absolute Gasteiger partial charge is 0.356 e. The van der Waals surface area contributed by atoms with Crippen LogP contribution in [0.15, 0.2) is 30.5 Å². The number of amides is 1. The first-order chi connectivity index (χ1) is 15.0. The number of esters is 1. The molecule has 0 atom stereocenters. The minimum atomic E-state index is -0.673. The zero-order valence-corrected chi connectivity index (χ0v) is 17.0. The maximum Gasteiger partial charge on any atom is 0.356 e. The SMILES string of the molecule is COC(=O)c1ccc(N2CCN(Cc3cc4c5c(cnn5CC(=O)N4)c3)CC2)c(F)n1. The van der Waals surface area contributed by atoms with Crippen molar-refractivity contribution in [3.05, 3.63) is 47.7 Å². The molecule has 160 valence electrons. The number of rotatable bonds is 4. The van der Waals surface area contributed by atoms with Gasteiger partial charge in [0.2, 0.25) is 11.9 Å². The molecule has 0 spiro atoms. The summed E-state index contributed by atoms with van der Waals surface area (Å²) in [4.78, 5) is 31.4. The lowest BCUT2D eigenvalue weighted by Gasteiger charge is -2.36. The predicted octanol–water partition coefficient (Wildman–Crippen LogP) is 1.63. The van der Waals surface area contributed by atoms with Gasteiger partial charge in [-0.2, -0.15) is 9.49 Å². The second-order valence-corrected chi connectivity index (χ2v) is 7.69. The molecule has 2 aliphatic rings. The van der Waals surface area contributed by atoms with Crippen LogP contribution in [0.2, 0.25) is 0 Å². The third-order valence-electron chi connectivity index (χ3n) is 5.70. The summed E-state index contributed by atoms with van der Waals surface area (Å²) in [5.41, 5.74) is 3.17. The third kappa shape index (κ3) is 3.59. The second-order valence-electron chi connectivity index (χ2n) is 7.69. The minimum absolute atomic E-state index is 0.0443. The number of halogens is 1. The lowest BCUT2D eigenvalue weighted by molar-refractivity contribution is -0.117. The Morgan fingerprint density at radius 2 is 2.03 bits per heavy atom. The number of ether oxygens (including phenoxy) is 1. The molecule has 1 N–H and O–H groups in total. The number of nitrogens with zero attached hydrogens (tertiary/aromatic N) is 5. The fourth-order valence-corrected chi connectivity index (χ4v) is 4.21. The summed E-state index contributed by atoms with van der Waals surface area (Å²) in [6, 6.07) is 7.15. The molecule has 1 fully saturated rings. The molecule has 1 aromatic carbocycles. The highest BCUT2D eigenvalue weighted by Crippen LogP contribution is 2.29. The van der Waals surface area contributed by atoms with Gasteiger partial charge in [-0.1, -0.05) is 0 Å². The molecule has 0 unspecified atom stereocenters. The molecule has 1 saturated heterocycles. The van der Waals surface area contributed by atoms with E-state index < -0.39 is 11.9 Å². The lowest BCUT2D eigenvalue weighted by atomic mass is 10.1. The van der Waals surface area contributed by atoms with E-state index >= 15 is 0 Å². The molecule has 0 saturated carbocycles. The van der Waals surface area contributed by atoms with Gasteiger partial charge in [-0.3, -0.25) is 14.4 Å². The van der Waals surface area contributed by atoms with Gasteiger partial charge in [0.15, 0.2) is 5.69 Å². The Kier molecular flexibility index (Phi) is 4.78. The fourth-order valence-electron chi connectivity index (χ4n) is 4.21. The van der Waals surface area contributed by atoms with E-state index in [1.54, 1.807) is 16.9 Å². The van der Waals surface area contributed by atoms with Crippen LogP contribution in [-0.4, -0.2) is 64.8 Å². The normalized spacial score (nSPS) is 16.5. The Bertz CT molecular complexity index is 1190. The summed E-state index contributed by atoms with van der Waals surface area (Å²) in [6.45, 7) is 3.73. The van der Waals surface area contributed by atoms with E-state index in [-0.39, 0.29) is 18.1 Å². The number of hydrogen-bond donors (Lipinski definition) is 1. The summed E-state index contributed by atoms with van der Waals surface area (Å²) in [5.74, 6) is -1.40.